The van der Waals surface area contributed by atoms with Crippen molar-refractivity contribution in [1.29, 1.82) is 0 Å². The molecule has 37 heavy (non-hydrogen) atoms. The third-order valence-corrected chi connectivity index (χ3v) is 6.30. The Balaban J connectivity index is 1.60. The van der Waals surface area contributed by atoms with Gasteiger partial charge in [0.1, 0.15) is 11.4 Å². The molecule has 0 saturated carbocycles. The lowest BCUT2D eigenvalue weighted by Gasteiger charge is -2.35. The van der Waals surface area contributed by atoms with Gasteiger partial charge in [0, 0.05) is 36.6 Å². The van der Waals surface area contributed by atoms with Gasteiger partial charge in [0.05, 0.1) is 6.57 Å². The fourth-order valence-corrected chi connectivity index (χ4v) is 4.64. The largest absolute Gasteiger partial charge is 0.451 e. The molecule has 2 aromatic carbocycles. The fourth-order valence-electron chi connectivity index (χ4n) is 4.64. The Labute approximate surface area is 216 Å². The SMILES string of the molecule is [C-]#[N+]c1c(-c2ccc(Oc3c(F)cccc3F)cc2)cn([C@@H]2CCCN(C(=O)OC(C)(C)C)C2)c1CC. The van der Waals surface area contributed by atoms with Crippen molar-refractivity contribution < 1.29 is 23.0 Å². The van der Waals surface area contributed by atoms with Crippen LogP contribution in [0, 0.1) is 18.2 Å². The average Bonchev–Trinajstić information content (AvgIpc) is 3.24. The Hall–Kier alpha value is -3.86. The highest BCUT2D eigenvalue weighted by Gasteiger charge is 2.30. The van der Waals surface area contributed by atoms with E-state index < -0.39 is 23.0 Å². The van der Waals surface area contributed by atoms with Crippen LogP contribution in [0.2, 0.25) is 0 Å². The third kappa shape index (κ3) is 5.77. The number of nitrogens with zero attached hydrogens (tertiary/aromatic N) is 3. The molecule has 1 saturated heterocycles. The molecular formula is C29H31F2N3O3. The van der Waals surface area contributed by atoms with Gasteiger partial charge < -0.3 is 18.9 Å². The molecule has 0 bridgehead atoms. The van der Waals surface area contributed by atoms with Crippen LogP contribution in [0.1, 0.15) is 52.3 Å². The monoisotopic (exact) mass is 507 g/mol. The lowest BCUT2D eigenvalue weighted by molar-refractivity contribution is 0.0172. The van der Waals surface area contributed by atoms with Crippen LogP contribution in [0.3, 0.4) is 0 Å². The van der Waals surface area contributed by atoms with Crippen molar-refractivity contribution in [2.24, 2.45) is 0 Å². The van der Waals surface area contributed by atoms with Crippen LogP contribution in [0.15, 0.2) is 48.7 Å². The molecule has 4 rings (SSSR count). The minimum absolute atomic E-state index is 0.0251. The molecule has 2 heterocycles. The van der Waals surface area contributed by atoms with Gasteiger partial charge in [-0.05, 0) is 69.9 Å². The van der Waals surface area contributed by atoms with Gasteiger partial charge in [-0.15, -0.1) is 0 Å². The van der Waals surface area contributed by atoms with Gasteiger partial charge in [0.2, 0.25) is 5.69 Å². The van der Waals surface area contributed by atoms with Gasteiger partial charge in [-0.2, -0.15) is 0 Å². The highest BCUT2D eigenvalue weighted by Crippen LogP contribution is 2.40. The number of halogens is 2. The smallest absolute Gasteiger partial charge is 0.410 e. The van der Waals surface area contributed by atoms with Crippen molar-refractivity contribution in [3.63, 3.8) is 0 Å². The lowest BCUT2D eigenvalue weighted by Crippen LogP contribution is -2.43. The van der Waals surface area contributed by atoms with Crippen LogP contribution < -0.4 is 4.74 Å². The first-order valence-electron chi connectivity index (χ1n) is 12.4. The van der Waals surface area contributed by atoms with Crippen LogP contribution >= 0.6 is 0 Å². The van der Waals surface area contributed by atoms with Gasteiger partial charge >= 0.3 is 6.09 Å². The van der Waals surface area contributed by atoms with E-state index in [1.165, 1.54) is 6.07 Å². The van der Waals surface area contributed by atoms with E-state index in [-0.39, 0.29) is 17.9 Å². The summed E-state index contributed by atoms with van der Waals surface area (Å²) in [5.74, 6) is -1.73. The summed E-state index contributed by atoms with van der Waals surface area (Å²) >= 11 is 0. The molecule has 0 unspecified atom stereocenters. The summed E-state index contributed by atoms with van der Waals surface area (Å²) in [5.41, 5.74) is 2.47. The van der Waals surface area contributed by atoms with E-state index in [1.54, 1.807) is 29.2 Å². The minimum atomic E-state index is -0.781. The molecule has 1 amide bonds. The Morgan fingerprint density at radius 1 is 1.14 bits per heavy atom. The van der Waals surface area contributed by atoms with E-state index in [9.17, 15) is 13.6 Å². The molecule has 1 aromatic heterocycles. The molecule has 0 radical (unpaired) electrons. The number of amides is 1. The summed E-state index contributed by atoms with van der Waals surface area (Å²) in [7, 11) is 0. The summed E-state index contributed by atoms with van der Waals surface area (Å²) in [6, 6.07) is 10.4. The number of carbonyl (C=O) groups excluding carboxylic acids is 1. The predicted molar refractivity (Wildman–Crippen MR) is 138 cm³/mol. The zero-order valence-corrected chi connectivity index (χ0v) is 21.6. The third-order valence-electron chi connectivity index (χ3n) is 6.30. The average molecular weight is 508 g/mol. The standard InChI is InChI=1S/C29H31F2N3O3/c1-6-25-26(32-5)22(18-34(25)20-9-8-16-33(17-20)28(35)37-29(2,3)4)19-12-14-21(15-13-19)36-27-23(30)10-7-11-24(27)31/h7,10-15,18,20H,6,8-9,16-17H2,1-4H3/t20-/m1/s1. The number of rotatable bonds is 5. The van der Waals surface area contributed by atoms with Crippen molar-refractivity contribution in [1.82, 2.24) is 9.47 Å². The Morgan fingerprint density at radius 3 is 2.41 bits per heavy atom. The molecule has 1 atom stereocenters. The molecule has 8 heteroatoms. The number of hydrogen-bond donors (Lipinski definition) is 0. The van der Waals surface area contributed by atoms with E-state index in [0.717, 1.165) is 41.8 Å². The maximum Gasteiger partial charge on any atom is 0.410 e. The van der Waals surface area contributed by atoms with Crippen molar-refractivity contribution in [3.05, 3.63) is 77.4 Å². The van der Waals surface area contributed by atoms with E-state index in [0.29, 0.717) is 25.2 Å². The quantitative estimate of drug-likeness (QED) is 0.330. The number of likely N-dealkylation sites (tertiary alicyclic amines) is 1. The zero-order valence-electron chi connectivity index (χ0n) is 21.6. The van der Waals surface area contributed by atoms with Crippen molar-refractivity contribution in [3.8, 4) is 22.6 Å². The van der Waals surface area contributed by atoms with Crippen molar-refractivity contribution in [2.45, 2.75) is 58.6 Å². The molecule has 3 aromatic rings. The number of hydrogen-bond acceptors (Lipinski definition) is 3. The maximum atomic E-state index is 14.0. The second-order valence-corrected chi connectivity index (χ2v) is 10.1. The van der Waals surface area contributed by atoms with Crippen LogP contribution in [0.4, 0.5) is 19.3 Å². The molecule has 1 aliphatic rings. The van der Waals surface area contributed by atoms with Crippen LogP contribution in [0.5, 0.6) is 11.5 Å². The van der Waals surface area contributed by atoms with E-state index in [2.05, 4.69) is 9.41 Å². The van der Waals surface area contributed by atoms with Crippen molar-refractivity contribution in [2.75, 3.05) is 13.1 Å². The number of aromatic nitrogens is 1. The normalized spacial score (nSPS) is 15.8. The van der Waals surface area contributed by atoms with Crippen molar-refractivity contribution >= 4 is 11.8 Å². The number of benzene rings is 2. The molecular weight excluding hydrogens is 476 g/mol. The molecule has 0 spiro atoms. The molecule has 0 aliphatic carbocycles. The molecule has 6 nitrogen and oxygen atoms in total. The van der Waals surface area contributed by atoms with Gasteiger partial charge in [-0.25, -0.2) is 18.4 Å². The molecule has 194 valence electrons. The number of para-hydroxylation sites is 1. The summed E-state index contributed by atoms with van der Waals surface area (Å²) in [4.78, 5) is 18.3. The highest BCUT2D eigenvalue weighted by molar-refractivity contribution is 5.81. The number of piperidine rings is 1. The van der Waals surface area contributed by atoms with Gasteiger partial charge in [-0.1, -0.05) is 25.1 Å². The van der Waals surface area contributed by atoms with E-state index in [1.807, 2.05) is 33.9 Å². The molecule has 1 fully saturated rings. The Bertz CT molecular complexity index is 1300. The Kier molecular flexibility index (Phi) is 7.53. The van der Waals surface area contributed by atoms with Crippen LogP contribution in [0.25, 0.3) is 16.0 Å². The topological polar surface area (TPSA) is 48.1 Å². The highest BCUT2D eigenvalue weighted by atomic mass is 19.1. The van der Waals surface area contributed by atoms with Crippen LogP contribution in [-0.4, -0.2) is 34.3 Å². The van der Waals surface area contributed by atoms with Gasteiger partial charge in [0.25, 0.3) is 0 Å². The first-order chi connectivity index (χ1) is 17.6. The second-order valence-electron chi connectivity index (χ2n) is 10.1. The second kappa shape index (κ2) is 10.6. The molecule has 1 aliphatic heterocycles. The van der Waals surface area contributed by atoms with E-state index in [4.69, 9.17) is 16.0 Å². The minimum Gasteiger partial charge on any atom is -0.451 e. The summed E-state index contributed by atoms with van der Waals surface area (Å²) in [5, 5.41) is 0. The summed E-state index contributed by atoms with van der Waals surface area (Å²) in [6.45, 7) is 16.6. The van der Waals surface area contributed by atoms with Gasteiger partial charge in [0.15, 0.2) is 17.4 Å². The lowest BCUT2D eigenvalue weighted by atomic mass is 10.1. The summed E-state index contributed by atoms with van der Waals surface area (Å²) < 4.78 is 41.1. The van der Waals surface area contributed by atoms with Crippen LogP contribution in [-0.2, 0) is 11.2 Å². The number of ether oxygens (including phenoxy) is 2. The zero-order chi connectivity index (χ0) is 26.7. The maximum absolute atomic E-state index is 14.0. The predicted octanol–water partition coefficient (Wildman–Crippen LogP) is 7.91. The van der Waals surface area contributed by atoms with E-state index >= 15 is 0 Å². The first kappa shape index (κ1) is 26.2. The molecule has 0 N–H and O–H groups in total. The Morgan fingerprint density at radius 2 is 1.81 bits per heavy atom. The number of carbonyl (C=O) groups is 1. The summed E-state index contributed by atoms with van der Waals surface area (Å²) in [6.07, 6.45) is 4.04. The van der Waals surface area contributed by atoms with Gasteiger partial charge in [-0.3, -0.25) is 0 Å². The fraction of sp³-hybridized carbons (Fsp3) is 0.379. The first-order valence-corrected chi connectivity index (χ1v) is 12.4.